The number of benzene rings is 1. The number of hydrogen-bond acceptors (Lipinski definition) is 2. The Balaban J connectivity index is 2.46. The van der Waals surface area contributed by atoms with Crippen LogP contribution in [-0.2, 0) is 10.2 Å². The molecule has 0 N–H and O–H groups in total. The lowest BCUT2D eigenvalue weighted by Gasteiger charge is -2.30. The topological polar surface area (TPSA) is 26.3 Å². The molecular formula is C15H20O2. The Morgan fingerprint density at radius 3 is 2.53 bits per heavy atom. The van der Waals surface area contributed by atoms with Crippen molar-refractivity contribution in [3.05, 3.63) is 35.4 Å². The van der Waals surface area contributed by atoms with E-state index in [1.165, 1.54) is 18.4 Å². The van der Waals surface area contributed by atoms with Crippen molar-refractivity contribution in [1.82, 2.24) is 0 Å². The average Bonchev–Trinajstić information content (AvgIpc) is 2.79. The SMILES string of the molecule is COCC1(c2ccccc2C(C)=O)CCCC1. The summed E-state index contributed by atoms with van der Waals surface area (Å²) in [7, 11) is 1.75. The molecule has 2 nitrogen and oxygen atoms in total. The number of carbonyl (C=O) groups excluding carboxylic acids is 1. The Hall–Kier alpha value is -1.15. The van der Waals surface area contributed by atoms with E-state index < -0.39 is 0 Å². The van der Waals surface area contributed by atoms with Gasteiger partial charge < -0.3 is 4.74 Å². The Morgan fingerprint density at radius 2 is 1.94 bits per heavy atom. The lowest BCUT2D eigenvalue weighted by molar-refractivity contribution is 0.100. The van der Waals surface area contributed by atoms with Crippen LogP contribution in [0.15, 0.2) is 24.3 Å². The van der Waals surface area contributed by atoms with Crippen LogP contribution in [-0.4, -0.2) is 19.5 Å². The van der Waals surface area contributed by atoms with E-state index in [2.05, 4.69) is 6.07 Å². The predicted molar refractivity (Wildman–Crippen MR) is 68.5 cm³/mol. The first kappa shape index (κ1) is 12.3. The third-order valence-corrected chi connectivity index (χ3v) is 3.86. The van der Waals surface area contributed by atoms with Crippen molar-refractivity contribution in [3.8, 4) is 0 Å². The summed E-state index contributed by atoms with van der Waals surface area (Å²) in [6, 6.07) is 8.00. The Bertz CT molecular complexity index is 403. The molecule has 1 fully saturated rings. The number of carbonyl (C=O) groups is 1. The van der Waals surface area contributed by atoms with Gasteiger partial charge in [0, 0.05) is 18.1 Å². The van der Waals surface area contributed by atoms with Crippen molar-refractivity contribution in [1.29, 1.82) is 0 Å². The molecular weight excluding hydrogens is 212 g/mol. The van der Waals surface area contributed by atoms with Crippen molar-refractivity contribution in [2.24, 2.45) is 0 Å². The van der Waals surface area contributed by atoms with Gasteiger partial charge in [-0.2, -0.15) is 0 Å². The van der Waals surface area contributed by atoms with Gasteiger partial charge in [0.05, 0.1) is 6.61 Å². The Morgan fingerprint density at radius 1 is 1.29 bits per heavy atom. The second-order valence-electron chi connectivity index (χ2n) is 5.02. The minimum absolute atomic E-state index is 0.0665. The van der Waals surface area contributed by atoms with Crippen molar-refractivity contribution < 1.29 is 9.53 Å². The highest BCUT2D eigenvalue weighted by Gasteiger charge is 2.37. The molecule has 17 heavy (non-hydrogen) atoms. The van der Waals surface area contributed by atoms with Gasteiger partial charge >= 0.3 is 0 Å². The molecule has 1 aliphatic rings. The molecule has 0 saturated heterocycles. The first-order chi connectivity index (χ1) is 8.19. The van der Waals surface area contributed by atoms with Gasteiger partial charge in [0.1, 0.15) is 0 Å². The molecule has 2 heteroatoms. The van der Waals surface area contributed by atoms with Crippen LogP contribution in [0.5, 0.6) is 0 Å². The zero-order valence-corrected chi connectivity index (χ0v) is 10.7. The molecule has 0 spiro atoms. The van der Waals surface area contributed by atoms with Gasteiger partial charge in [0.15, 0.2) is 5.78 Å². The second kappa shape index (κ2) is 5.01. The van der Waals surface area contributed by atoms with Gasteiger partial charge in [-0.3, -0.25) is 4.79 Å². The fourth-order valence-electron chi connectivity index (χ4n) is 3.07. The van der Waals surface area contributed by atoms with Gasteiger partial charge in [-0.1, -0.05) is 37.1 Å². The Labute approximate surface area is 103 Å². The van der Waals surface area contributed by atoms with Gasteiger partial charge in [0.25, 0.3) is 0 Å². The standard InChI is InChI=1S/C15H20O2/c1-12(16)13-7-3-4-8-14(13)15(11-17-2)9-5-6-10-15/h3-4,7-8H,5-6,9-11H2,1-2H3. The number of hydrogen-bond donors (Lipinski definition) is 0. The lowest BCUT2D eigenvalue weighted by atomic mass is 9.76. The molecule has 0 unspecified atom stereocenters. The number of methoxy groups -OCH3 is 1. The molecule has 92 valence electrons. The van der Waals surface area contributed by atoms with Crippen molar-refractivity contribution in [2.75, 3.05) is 13.7 Å². The summed E-state index contributed by atoms with van der Waals surface area (Å²) >= 11 is 0. The fourth-order valence-corrected chi connectivity index (χ4v) is 3.07. The van der Waals surface area contributed by atoms with E-state index in [1.54, 1.807) is 14.0 Å². The highest BCUT2D eigenvalue weighted by molar-refractivity contribution is 5.96. The molecule has 2 rings (SSSR count). The molecule has 0 heterocycles. The quantitative estimate of drug-likeness (QED) is 0.744. The summed E-state index contributed by atoms with van der Waals surface area (Å²) in [5, 5.41) is 0. The molecule has 0 aliphatic heterocycles. The van der Waals surface area contributed by atoms with E-state index in [-0.39, 0.29) is 11.2 Å². The number of Topliss-reactive ketones (excluding diaryl/α,β-unsaturated/α-hetero) is 1. The minimum atomic E-state index is 0.0665. The minimum Gasteiger partial charge on any atom is -0.384 e. The molecule has 1 aliphatic carbocycles. The van der Waals surface area contributed by atoms with E-state index >= 15 is 0 Å². The number of ketones is 1. The van der Waals surface area contributed by atoms with Crippen molar-refractivity contribution in [3.63, 3.8) is 0 Å². The number of rotatable bonds is 4. The molecule has 1 saturated carbocycles. The highest BCUT2D eigenvalue weighted by atomic mass is 16.5. The van der Waals surface area contributed by atoms with Crippen molar-refractivity contribution >= 4 is 5.78 Å². The molecule has 0 radical (unpaired) electrons. The lowest BCUT2D eigenvalue weighted by Crippen LogP contribution is -2.30. The van der Waals surface area contributed by atoms with Crippen LogP contribution in [0, 0.1) is 0 Å². The van der Waals surface area contributed by atoms with Crippen LogP contribution < -0.4 is 0 Å². The summed E-state index contributed by atoms with van der Waals surface area (Å²) in [6.07, 6.45) is 4.72. The maximum absolute atomic E-state index is 11.7. The zero-order valence-electron chi connectivity index (χ0n) is 10.7. The summed E-state index contributed by atoms with van der Waals surface area (Å²) in [5.74, 6) is 0.156. The summed E-state index contributed by atoms with van der Waals surface area (Å²) in [5.41, 5.74) is 2.12. The van der Waals surface area contributed by atoms with E-state index in [1.807, 2.05) is 18.2 Å². The largest absolute Gasteiger partial charge is 0.384 e. The van der Waals surface area contributed by atoms with Gasteiger partial charge in [-0.05, 0) is 25.3 Å². The monoisotopic (exact) mass is 232 g/mol. The predicted octanol–water partition coefficient (Wildman–Crippen LogP) is 3.35. The van der Waals surface area contributed by atoms with Crippen LogP contribution in [0.25, 0.3) is 0 Å². The number of ether oxygens (including phenoxy) is 1. The summed E-state index contributed by atoms with van der Waals surface area (Å²) in [6.45, 7) is 2.37. The van der Waals surface area contributed by atoms with Crippen LogP contribution in [0.3, 0.4) is 0 Å². The molecule has 0 amide bonds. The smallest absolute Gasteiger partial charge is 0.160 e. The Kier molecular flexibility index (Phi) is 3.63. The first-order valence-corrected chi connectivity index (χ1v) is 6.29. The molecule has 1 aromatic carbocycles. The van der Waals surface area contributed by atoms with Crippen LogP contribution >= 0.6 is 0 Å². The van der Waals surface area contributed by atoms with Crippen LogP contribution in [0.1, 0.15) is 48.5 Å². The van der Waals surface area contributed by atoms with Gasteiger partial charge in [0.2, 0.25) is 0 Å². The van der Waals surface area contributed by atoms with E-state index in [0.717, 1.165) is 25.0 Å². The molecule has 0 bridgehead atoms. The average molecular weight is 232 g/mol. The summed E-state index contributed by atoms with van der Waals surface area (Å²) < 4.78 is 5.41. The maximum Gasteiger partial charge on any atom is 0.160 e. The van der Waals surface area contributed by atoms with E-state index in [0.29, 0.717) is 0 Å². The van der Waals surface area contributed by atoms with E-state index in [9.17, 15) is 4.79 Å². The third kappa shape index (κ3) is 2.27. The fraction of sp³-hybridized carbons (Fsp3) is 0.533. The van der Waals surface area contributed by atoms with Crippen molar-refractivity contribution in [2.45, 2.75) is 38.0 Å². The van der Waals surface area contributed by atoms with Gasteiger partial charge in [-0.25, -0.2) is 0 Å². The molecule has 0 aromatic heterocycles. The normalized spacial score (nSPS) is 18.2. The maximum atomic E-state index is 11.7. The molecule has 1 aromatic rings. The van der Waals surface area contributed by atoms with Gasteiger partial charge in [-0.15, -0.1) is 0 Å². The second-order valence-corrected chi connectivity index (χ2v) is 5.02. The highest BCUT2D eigenvalue weighted by Crippen LogP contribution is 2.42. The molecule has 0 atom stereocenters. The van der Waals surface area contributed by atoms with E-state index in [4.69, 9.17) is 4.74 Å². The third-order valence-electron chi connectivity index (χ3n) is 3.86. The van der Waals surface area contributed by atoms with Crippen LogP contribution in [0.2, 0.25) is 0 Å². The zero-order chi connectivity index (χ0) is 12.3. The summed E-state index contributed by atoms with van der Waals surface area (Å²) in [4.78, 5) is 11.7. The van der Waals surface area contributed by atoms with Crippen LogP contribution in [0.4, 0.5) is 0 Å². The first-order valence-electron chi connectivity index (χ1n) is 6.29.